The largest absolute Gasteiger partial charge is 0.384 e. The zero-order chi connectivity index (χ0) is 14.5. The lowest BCUT2D eigenvalue weighted by molar-refractivity contribution is 0.0787. The highest BCUT2D eigenvalue weighted by molar-refractivity contribution is 5.94. The van der Waals surface area contributed by atoms with Crippen LogP contribution < -0.4 is 0 Å². The average molecular weight is 271 g/mol. The SMILES string of the molecule is CCC1CCN(C(=O)c2ccc(C)c(C#CCO)c2)C1. The molecule has 1 aromatic carbocycles. The first-order chi connectivity index (χ1) is 9.65. The molecule has 20 heavy (non-hydrogen) atoms. The summed E-state index contributed by atoms with van der Waals surface area (Å²) in [5.74, 6) is 6.26. The van der Waals surface area contributed by atoms with Gasteiger partial charge in [-0.25, -0.2) is 0 Å². The van der Waals surface area contributed by atoms with Crippen molar-refractivity contribution in [2.45, 2.75) is 26.7 Å². The molecule has 2 rings (SSSR count). The first kappa shape index (κ1) is 14.6. The maximum Gasteiger partial charge on any atom is 0.253 e. The lowest BCUT2D eigenvalue weighted by Gasteiger charge is -2.16. The summed E-state index contributed by atoms with van der Waals surface area (Å²) in [5.41, 5.74) is 2.53. The molecule has 1 amide bonds. The van der Waals surface area contributed by atoms with Crippen LogP contribution in [0.1, 0.15) is 41.3 Å². The molecule has 1 fully saturated rings. The Morgan fingerprint density at radius 1 is 1.50 bits per heavy atom. The van der Waals surface area contributed by atoms with Crippen LogP contribution in [-0.4, -0.2) is 35.6 Å². The van der Waals surface area contributed by atoms with Gasteiger partial charge in [0.15, 0.2) is 0 Å². The number of aryl methyl sites for hydroxylation is 1. The molecule has 1 aliphatic rings. The van der Waals surface area contributed by atoms with Gasteiger partial charge in [0.2, 0.25) is 0 Å². The van der Waals surface area contributed by atoms with E-state index >= 15 is 0 Å². The summed E-state index contributed by atoms with van der Waals surface area (Å²) in [6.45, 7) is 5.68. The highest BCUT2D eigenvalue weighted by atomic mass is 16.2. The van der Waals surface area contributed by atoms with Crippen molar-refractivity contribution in [3.8, 4) is 11.8 Å². The van der Waals surface area contributed by atoms with Crippen molar-refractivity contribution >= 4 is 5.91 Å². The number of likely N-dealkylation sites (tertiary alicyclic amines) is 1. The summed E-state index contributed by atoms with van der Waals surface area (Å²) in [6, 6.07) is 5.61. The molecule has 1 unspecified atom stereocenters. The quantitative estimate of drug-likeness (QED) is 0.838. The Morgan fingerprint density at radius 2 is 2.30 bits per heavy atom. The fourth-order valence-electron chi connectivity index (χ4n) is 2.56. The topological polar surface area (TPSA) is 40.5 Å². The summed E-state index contributed by atoms with van der Waals surface area (Å²) >= 11 is 0. The second kappa shape index (κ2) is 6.58. The molecule has 1 aliphatic heterocycles. The van der Waals surface area contributed by atoms with Crippen molar-refractivity contribution in [2.75, 3.05) is 19.7 Å². The second-order valence-electron chi connectivity index (χ2n) is 5.30. The van der Waals surface area contributed by atoms with Gasteiger partial charge in [-0.15, -0.1) is 0 Å². The van der Waals surface area contributed by atoms with Gasteiger partial charge in [-0.05, 0) is 37.0 Å². The Hall–Kier alpha value is -1.79. The molecule has 0 aromatic heterocycles. The number of amides is 1. The number of carbonyl (C=O) groups excluding carboxylic acids is 1. The fraction of sp³-hybridized carbons (Fsp3) is 0.471. The number of benzene rings is 1. The van der Waals surface area contributed by atoms with Crippen LogP contribution in [0.2, 0.25) is 0 Å². The normalized spacial score (nSPS) is 17.8. The third kappa shape index (κ3) is 3.20. The summed E-state index contributed by atoms with van der Waals surface area (Å²) in [5, 5.41) is 8.78. The monoisotopic (exact) mass is 271 g/mol. The van der Waals surface area contributed by atoms with Gasteiger partial charge in [-0.2, -0.15) is 0 Å². The molecule has 3 heteroatoms. The summed E-state index contributed by atoms with van der Waals surface area (Å²) in [7, 11) is 0. The molecular weight excluding hydrogens is 250 g/mol. The minimum atomic E-state index is -0.165. The molecule has 0 radical (unpaired) electrons. The molecule has 1 atom stereocenters. The summed E-state index contributed by atoms with van der Waals surface area (Å²) in [6.07, 6.45) is 2.23. The molecule has 1 aromatic rings. The van der Waals surface area contributed by atoms with Gasteiger partial charge in [0, 0.05) is 24.2 Å². The number of rotatable bonds is 2. The van der Waals surface area contributed by atoms with Crippen LogP contribution >= 0.6 is 0 Å². The van der Waals surface area contributed by atoms with Gasteiger partial charge in [-0.3, -0.25) is 4.79 Å². The van der Waals surface area contributed by atoms with E-state index in [1.165, 1.54) is 0 Å². The van der Waals surface area contributed by atoms with E-state index in [2.05, 4.69) is 18.8 Å². The first-order valence-corrected chi connectivity index (χ1v) is 7.15. The number of aliphatic hydroxyl groups excluding tert-OH is 1. The molecule has 1 heterocycles. The number of nitrogens with zero attached hydrogens (tertiary/aromatic N) is 1. The predicted molar refractivity (Wildman–Crippen MR) is 79.4 cm³/mol. The van der Waals surface area contributed by atoms with E-state index in [9.17, 15) is 4.79 Å². The van der Waals surface area contributed by atoms with Crippen LogP contribution in [0.4, 0.5) is 0 Å². The Labute approximate surface area is 120 Å². The average Bonchev–Trinajstić information content (AvgIpc) is 2.94. The maximum atomic E-state index is 12.5. The van der Waals surface area contributed by atoms with Crippen LogP contribution in [0, 0.1) is 24.7 Å². The number of hydrogen-bond donors (Lipinski definition) is 1. The van der Waals surface area contributed by atoms with Gasteiger partial charge in [-0.1, -0.05) is 31.3 Å². The van der Waals surface area contributed by atoms with Gasteiger partial charge in [0.25, 0.3) is 5.91 Å². The molecule has 0 spiro atoms. The van der Waals surface area contributed by atoms with E-state index in [0.717, 1.165) is 37.1 Å². The molecule has 0 aliphatic carbocycles. The Kier molecular flexibility index (Phi) is 4.81. The van der Waals surface area contributed by atoms with Crippen LogP contribution in [0.5, 0.6) is 0 Å². The van der Waals surface area contributed by atoms with Gasteiger partial charge >= 0.3 is 0 Å². The van der Waals surface area contributed by atoms with Crippen LogP contribution in [0.15, 0.2) is 18.2 Å². The van der Waals surface area contributed by atoms with E-state index in [-0.39, 0.29) is 12.5 Å². The first-order valence-electron chi connectivity index (χ1n) is 7.15. The maximum absolute atomic E-state index is 12.5. The van der Waals surface area contributed by atoms with Crippen molar-refractivity contribution in [3.63, 3.8) is 0 Å². The van der Waals surface area contributed by atoms with E-state index in [4.69, 9.17) is 5.11 Å². The minimum Gasteiger partial charge on any atom is -0.384 e. The predicted octanol–water partition coefficient (Wildman–Crippen LogP) is 2.21. The highest BCUT2D eigenvalue weighted by Gasteiger charge is 2.25. The lowest BCUT2D eigenvalue weighted by Crippen LogP contribution is -2.28. The standard InChI is InChI=1S/C17H21NO2/c1-3-14-8-9-18(12-14)17(20)16-7-6-13(2)15(11-16)5-4-10-19/h6-7,11,14,19H,3,8-10,12H2,1-2H3. The molecular formula is C17H21NO2. The minimum absolute atomic E-state index is 0.0907. The lowest BCUT2D eigenvalue weighted by atomic mass is 10.0. The fourth-order valence-corrected chi connectivity index (χ4v) is 2.56. The molecule has 106 valence electrons. The third-order valence-corrected chi connectivity index (χ3v) is 3.94. The molecule has 0 saturated carbocycles. The number of hydrogen-bond acceptors (Lipinski definition) is 2. The van der Waals surface area contributed by atoms with Crippen molar-refractivity contribution in [1.29, 1.82) is 0 Å². The zero-order valence-electron chi connectivity index (χ0n) is 12.1. The van der Waals surface area contributed by atoms with Crippen molar-refractivity contribution in [3.05, 3.63) is 34.9 Å². The number of carbonyl (C=O) groups is 1. The van der Waals surface area contributed by atoms with Crippen molar-refractivity contribution in [2.24, 2.45) is 5.92 Å². The number of aliphatic hydroxyl groups is 1. The molecule has 1 saturated heterocycles. The van der Waals surface area contributed by atoms with Gasteiger partial charge in [0.05, 0.1) is 0 Å². The van der Waals surface area contributed by atoms with Crippen LogP contribution in [-0.2, 0) is 0 Å². The van der Waals surface area contributed by atoms with Gasteiger partial charge in [0.1, 0.15) is 6.61 Å². The molecule has 0 bridgehead atoms. The highest BCUT2D eigenvalue weighted by Crippen LogP contribution is 2.21. The van der Waals surface area contributed by atoms with Crippen molar-refractivity contribution < 1.29 is 9.90 Å². The van der Waals surface area contributed by atoms with Gasteiger partial charge < -0.3 is 10.0 Å². The summed E-state index contributed by atoms with van der Waals surface area (Å²) in [4.78, 5) is 14.4. The van der Waals surface area contributed by atoms with Crippen molar-refractivity contribution in [1.82, 2.24) is 4.90 Å². The van der Waals surface area contributed by atoms with E-state index in [1.54, 1.807) is 0 Å². The second-order valence-corrected chi connectivity index (χ2v) is 5.30. The smallest absolute Gasteiger partial charge is 0.253 e. The Balaban J connectivity index is 2.18. The van der Waals surface area contributed by atoms with E-state index < -0.39 is 0 Å². The third-order valence-electron chi connectivity index (χ3n) is 3.94. The summed E-state index contributed by atoms with van der Waals surface area (Å²) < 4.78 is 0. The zero-order valence-corrected chi connectivity index (χ0v) is 12.1. The van der Waals surface area contributed by atoms with E-state index in [1.807, 2.05) is 30.0 Å². The Bertz CT molecular complexity index is 554. The van der Waals surface area contributed by atoms with Crippen LogP contribution in [0.25, 0.3) is 0 Å². The van der Waals surface area contributed by atoms with Crippen LogP contribution in [0.3, 0.4) is 0 Å². The van der Waals surface area contributed by atoms with E-state index in [0.29, 0.717) is 11.5 Å². The molecule has 3 nitrogen and oxygen atoms in total. The Morgan fingerprint density at radius 3 is 2.95 bits per heavy atom. The molecule has 1 N–H and O–H groups in total.